The lowest BCUT2D eigenvalue weighted by Crippen LogP contribution is -2.32. The first-order chi connectivity index (χ1) is 6.97. The molecule has 0 spiro atoms. The molecule has 0 unspecified atom stereocenters. The highest BCUT2D eigenvalue weighted by Gasteiger charge is 2.13. The van der Waals surface area contributed by atoms with Crippen LogP contribution in [0, 0.1) is 5.92 Å². The summed E-state index contributed by atoms with van der Waals surface area (Å²) in [5.41, 5.74) is -0.769. The minimum absolute atomic E-state index is 0.208. The number of aromatic hydroxyl groups is 1. The topological polar surface area (TPSA) is 75.1 Å². The molecule has 1 rings (SSSR count). The summed E-state index contributed by atoms with van der Waals surface area (Å²) >= 11 is 0. The molecule has 0 aliphatic rings. The lowest BCUT2D eigenvalue weighted by atomic mass is 10.1. The zero-order valence-corrected chi connectivity index (χ0v) is 9.20. The van der Waals surface area contributed by atoms with E-state index in [1.165, 1.54) is 0 Å². The average molecular weight is 212 g/mol. The Kier molecular flexibility index (Phi) is 3.34. The van der Waals surface area contributed by atoms with Crippen molar-refractivity contribution in [1.29, 1.82) is 0 Å². The average Bonchev–Trinajstić information content (AvgIpc) is 2.12. The van der Waals surface area contributed by atoms with Gasteiger partial charge < -0.3 is 5.11 Å². The van der Waals surface area contributed by atoms with Crippen molar-refractivity contribution in [1.82, 2.24) is 9.55 Å². The van der Waals surface area contributed by atoms with Crippen LogP contribution >= 0.6 is 0 Å². The molecule has 1 aromatic rings. The Labute approximate surface area is 87.4 Å². The molecule has 0 amide bonds. The Bertz CT molecular complexity index is 457. The summed E-state index contributed by atoms with van der Waals surface area (Å²) < 4.78 is 1.15. The van der Waals surface area contributed by atoms with E-state index in [1.807, 2.05) is 13.8 Å². The molecule has 0 saturated heterocycles. The summed E-state index contributed by atoms with van der Waals surface area (Å²) in [6.45, 7) is 5.96. The van der Waals surface area contributed by atoms with Crippen LogP contribution in [0.5, 0.6) is 5.88 Å². The van der Waals surface area contributed by atoms with E-state index in [0.717, 1.165) is 4.57 Å². The van der Waals surface area contributed by atoms with Crippen LogP contribution in [0.2, 0.25) is 0 Å². The molecule has 2 N–H and O–H groups in total. The van der Waals surface area contributed by atoms with E-state index >= 15 is 0 Å². The fourth-order valence-electron chi connectivity index (χ4n) is 1.49. The second-order valence-corrected chi connectivity index (χ2v) is 3.90. The van der Waals surface area contributed by atoms with Crippen LogP contribution in [0.15, 0.2) is 9.59 Å². The van der Waals surface area contributed by atoms with Crippen LogP contribution in [0.25, 0.3) is 0 Å². The van der Waals surface area contributed by atoms with E-state index in [2.05, 4.69) is 4.98 Å². The normalized spacial score (nSPS) is 10.9. The molecule has 0 atom stereocenters. The number of nitrogens with zero attached hydrogens (tertiary/aromatic N) is 1. The van der Waals surface area contributed by atoms with Gasteiger partial charge in [-0.05, 0) is 19.3 Å². The Balaban J connectivity index is 3.39. The van der Waals surface area contributed by atoms with Crippen molar-refractivity contribution in [2.75, 3.05) is 0 Å². The van der Waals surface area contributed by atoms with Crippen LogP contribution in [0.4, 0.5) is 0 Å². The third kappa shape index (κ3) is 2.29. The van der Waals surface area contributed by atoms with Gasteiger partial charge in [0.25, 0.3) is 5.56 Å². The molecule has 0 aliphatic carbocycles. The molecule has 0 bridgehead atoms. The van der Waals surface area contributed by atoms with Gasteiger partial charge in [-0.1, -0.05) is 13.8 Å². The number of hydrogen-bond acceptors (Lipinski definition) is 3. The SMILES string of the molecule is CCn1c(O)c(CC(C)C)c(=O)[nH]c1=O. The second kappa shape index (κ2) is 4.33. The lowest BCUT2D eigenvalue weighted by Gasteiger charge is -2.10. The minimum atomic E-state index is -0.562. The molecule has 0 aromatic carbocycles. The maximum atomic E-state index is 11.4. The van der Waals surface area contributed by atoms with Gasteiger partial charge in [0.2, 0.25) is 5.88 Å². The lowest BCUT2D eigenvalue weighted by molar-refractivity contribution is 0.393. The van der Waals surface area contributed by atoms with Crippen molar-refractivity contribution in [3.05, 3.63) is 26.4 Å². The summed E-state index contributed by atoms with van der Waals surface area (Å²) in [5, 5.41) is 9.74. The standard InChI is InChI=1S/C10H16N2O3/c1-4-12-9(14)7(5-6(2)3)8(13)11-10(12)15/h6,14H,4-5H2,1-3H3,(H,11,13,15). The predicted molar refractivity (Wildman–Crippen MR) is 57.2 cm³/mol. The van der Waals surface area contributed by atoms with E-state index in [1.54, 1.807) is 6.92 Å². The molecule has 5 nitrogen and oxygen atoms in total. The van der Waals surface area contributed by atoms with Gasteiger partial charge in [0, 0.05) is 6.54 Å². The number of nitrogens with one attached hydrogen (secondary N) is 1. The fraction of sp³-hybridized carbons (Fsp3) is 0.600. The summed E-state index contributed by atoms with van der Waals surface area (Å²) in [6, 6.07) is 0. The van der Waals surface area contributed by atoms with E-state index in [4.69, 9.17) is 0 Å². The van der Waals surface area contributed by atoms with E-state index in [0.29, 0.717) is 13.0 Å². The Morgan fingerprint density at radius 1 is 1.40 bits per heavy atom. The van der Waals surface area contributed by atoms with Crippen molar-refractivity contribution >= 4 is 0 Å². The quantitative estimate of drug-likeness (QED) is 0.764. The molecule has 1 aromatic heterocycles. The second-order valence-electron chi connectivity index (χ2n) is 3.90. The van der Waals surface area contributed by atoms with Crippen LogP contribution in [0.3, 0.4) is 0 Å². The molecule has 5 heteroatoms. The van der Waals surface area contributed by atoms with Crippen molar-refractivity contribution < 1.29 is 5.11 Å². The number of rotatable bonds is 3. The zero-order chi connectivity index (χ0) is 11.6. The summed E-state index contributed by atoms with van der Waals surface area (Å²) in [4.78, 5) is 24.9. The van der Waals surface area contributed by atoms with Crippen LogP contribution < -0.4 is 11.2 Å². The van der Waals surface area contributed by atoms with E-state index in [9.17, 15) is 14.7 Å². The van der Waals surface area contributed by atoms with Gasteiger partial charge in [0.05, 0.1) is 5.56 Å². The maximum Gasteiger partial charge on any atom is 0.331 e. The Morgan fingerprint density at radius 2 is 2.00 bits per heavy atom. The molecule has 1 heterocycles. The first kappa shape index (κ1) is 11.6. The first-order valence-corrected chi connectivity index (χ1v) is 5.02. The molecule has 0 aliphatic heterocycles. The molecule has 0 radical (unpaired) electrons. The van der Waals surface area contributed by atoms with Gasteiger partial charge in [-0.15, -0.1) is 0 Å². The highest BCUT2D eigenvalue weighted by Crippen LogP contribution is 2.13. The Hall–Kier alpha value is -1.52. The van der Waals surface area contributed by atoms with Gasteiger partial charge >= 0.3 is 5.69 Å². The maximum absolute atomic E-state index is 11.4. The highest BCUT2D eigenvalue weighted by molar-refractivity contribution is 5.22. The zero-order valence-electron chi connectivity index (χ0n) is 9.20. The third-order valence-corrected chi connectivity index (χ3v) is 2.19. The van der Waals surface area contributed by atoms with Crippen molar-refractivity contribution in [2.24, 2.45) is 5.92 Å². The van der Waals surface area contributed by atoms with E-state index < -0.39 is 11.2 Å². The van der Waals surface area contributed by atoms with Crippen molar-refractivity contribution in [3.63, 3.8) is 0 Å². The van der Waals surface area contributed by atoms with Gasteiger partial charge in [-0.3, -0.25) is 14.3 Å². The molecule has 0 saturated carbocycles. The van der Waals surface area contributed by atoms with Gasteiger partial charge in [0.1, 0.15) is 0 Å². The number of aromatic amines is 1. The highest BCUT2D eigenvalue weighted by atomic mass is 16.3. The predicted octanol–water partition coefficient (Wildman–Crippen LogP) is 0.461. The Morgan fingerprint density at radius 3 is 2.47 bits per heavy atom. The monoisotopic (exact) mass is 212 g/mol. The van der Waals surface area contributed by atoms with Crippen LogP contribution in [-0.4, -0.2) is 14.7 Å². The summed E-state index contributed by atoms with van der Waals surface area (Å²) in [7, 11) is 0. The largest absolute Gasteiger partial charge is 0.494 e. The minimum Gasteiger partial charge on any atom is -0.494 e. The molecular weight excluding hydrogens is 196 g/mol. The van der Waals surface area contributed by atoms with E-state index in [-0.39, 0.29) is 17.4 Å². The number of hydrogen-bond donors (Lipinski definition) is 2. The molecule has 0 fully saturated rings. The van der Waals surface area contributed by atoms with Crippen LogP contribution in [0.1, 0.15) is 26.3 Å². The summed E-state index contributed by atoms with van der Waals surface area (Å²) in [5.74, 6) is 0.0414. The third-order valence-electron chi connectivity index (χ3n) is 2.19. The smallest absolute Gasteiger partial charge is 0.331 e. The van der Waals surface area contributed by atoms with Gasteiger partial charge in [0.15, 0.2) is 0 Å². The number of aromatic nitrogens is 2. The number of H-pyrrole nitrogens is 1. The summed E-state index contributed by atoms with van der Waals surface area (Å²) in [6.07, 6.45) is 0.460. The molecule has 15 heavy (non-hydrogen) atoms. The first-order valence-electron chi connectivity index (χ1n) is 5.02. The molecular formula is C10H16N2O3. The van der Waals surface area contributed by atoms with Crippen LogP contribution in [-0.2, 0) is 13.0 Å². The fourth-order valence-corrected chi connectivity index (χ4v) is 1.49. The van der Waals surface area contributed by atoms with Gasteiger partial charge in [-0.2, -0.15) is 0 Å². The van der Waals surface area contributed by atoms with Crippen molar-refractivity contribution in [2.45, 2.75) is 33.7 Å². The van der Waals surface area contributed by atoms with Crippen molar-refractivity contribution in [3.8, 4) is 5.88 Å². The van der Waals surface area contributed by atoms with Gasteiger partial charge in [-0.25, -0.2) is 4.79 Å². The molecule has 84 valence electrons.